The van der Waals surface area contributed by atoms with Gasteiger partial charge in [-0.25, -0.2) is 0 Å². The molecule has 0 unspecified atom stereocenters. The highest BCUT2D eigenvalue weighted by atomic mass is 35.5. The van der Waals surface area contributed by atoms with Crippen molar-refractivity contribution in [1.82, 2.24) is 10.2 Å². The molecule has 2 aromatic carbocycles. The molecule has 1 N–H and O–H groups in total. The number of hydrogen-bond acceptors (Lipinski definition) is 3. The van der Waals surface area contributed by atoms with Gasteiger partial charge in [-0.15, -0.1) is 0 Å². The van der Waals surface area contributed by atoms with Gasteiger partial charge in [-0.1, -0.05) is 47.5 Å². The number of nitrogens with zero attached hydrogens (tertiary/aromatic N) is 1. The van der Waals surface area contributed by atoms with Crippen molar-refractivity contribution in [3.63, 3.8) is 0 Å². The second-order valence-corrected chi connectivity index (χ2v) is 7.49. The summed E-state index contributed by atoms with van der Waals surface area (Å²) in [6, 6.07) is 13.8. The molecule has 28 heavy (non-hydrogen) atoms. The van der Waals surface area contributed by atoms with Crippen molar-refractivity contribution in [2.24, 2.45) is 0 Å². The fraction of sp³-hybridized carbons (Fsp3) is 0.333. The number of halogens is 2. The monoisotopic (exact) mass is 420 g/mol. The Labute approximate surface area is 174 Å². The molecular weight excluding hydrogens is 399 g/mol. The van der Waals surface area contributed by atoms with E-state index in [1.807, 2.05) is 18.2 Å². The van der Waals surface area contributed by atoms with Gasteiger partial charge in [-0.2, -0.15) is 0 Å². The molecule has 3 rings (SSSR count). The molecule has 148 valence electrons. The first-order valence-corrected chi connectivity index (χ1v) is 9.99. The van der Waals surface area contributed by atoms with E-state index in [9.17, 15) is 9.59 Å². The molecule has 2 amide bonds. The molecular formula is C21H22Cl2N2O3. The van der Waals surface area contributed by atoms with Gasteiger partial charge < -0.3 is 15.0 Å². The molecule has 2 aromatic rings. The Balaban J connectivity index is 1.79. The molecule has 1 atom stereocenters. The molecule has 7 heteroatoms. The third-order valence-corrected chi connectivity index (χ3v) is 5.38. The predicted molar refractivity (Wildman–Crippen MR) is 110 cm³/mol. The first-order valence-electron chi connectivity index (χ1n) is 9.23. The average Bonchev–Trinajstić information content (AvgIpc) is 2.92. The van der Waals surface area contributed by atoms with Crippen molar-refractivity contribution in [3.8, 4) is 5.75 Å². The van der Waals surface area contributed by atoms with E-state index in [1.54, 1.807) is 35.2 Å². The van der Waals surface area contributed by atoms with Crippen LogP contribution in [-0.2, 0) is 16.1 Å². The molecule has 0 radical (unpaired) electrons. The first kappa shape index (κ1) is 20.5. The molecule has 0 saturated carbocycles. The van der Waals surface area contributed by atoms with Crippen molar-refractivity contribution >= 4 is 35.0 Å². The third-order valence-electron chi connectivity index (χ3n) is 4.65. The zero-order valence-corrected chi connectivity index (χ0v) is 16.9. The summed E-state index contributed by atoms with van der Waals surface area (Å²) in [5, 5.41) is 3.75. The fourth-order valence-corrected chi connectivity index (χ4v) is 3.49. The molecule has 1 fully saturated rings. The zero-order chi connectivity index (χ0) is 19.9. The number of nitrogens with one attached hydrogen (secondary N) is 1. The van der Waals surface area contributed by atoms with Crippen molar-refractivity contribution in [2.45, 2.75) is 31.8 Å². The minimum absolute atomic E-state index is 0.134. The molecule has 0 bridgehead atoms. The van der Waals surface area contributed by atoms with E-state index in [4.69, 9.17) is 27.9 Å². The van der Waals surface area contributed by atoms with Gasteiger partial charge >= 0.3 is 0 Å². The summed E-state index contributed by atoms with van der Waals surface area (Å²) < 4.78 is 5.62. The standard InChI is InChI=1S/C21H22Cl2N2O3/c22-17-10-9-15(12-18(17)23)13-25(19-8-4-5-11-24-21(19)27)20(26)14-28-16-6-2-1-3-7-16/h1-3,6-7,9-10,12,19H,4-5,8,11,13-14H2,(H,24,27)/t19-/m0/s1. The smallest absolute Gasteiger partial charge is 0.261 e. The summed E-state index contributed by atoms with van der Waals surface area (Å²) in [6.45, 7) is 0.742. The SMILES string of the molecule is O=C1NCCCC[C@@H]1N(Cc1ccc(Cl)c(Cl)c1)C(=O)COc1ccccc1. The van der Waals surface area contributed by atoms with Gasteiger partial charge in [0.25, 0.3) is 5.91 Å². The Morgan fingerprint density at radius 2 is 1.89 bits per heavy atom. The predicted octanol–water partition coefficient (Wildman–Crippen LogP) is 4.07. The topological polar surface area (TPSA) is 58.6 Å². The molecule has 0 spiro atoms. The number of hydrogen-bond donors (Lipinski definition) is 1. The van der Waals surface area contributed by atoms with Crippen LogP contribution in [0.4, 0.5) is 0 Å². The van der Waals surface area contributed by atoms with E-state index in [0.29, 0.717) is 28.8 Å². The summed E-state index contributed by atoms with van der Waals surface area (Å²) in [5.41, 5.74) is 0.805. The summed E-state index contributed by atoms with van der Waals surface area (Å²) >= 11 is 12.1. The van der Waals surface area contributed by atoms with Crippen molar-refractivity contribution in [3.05, 3.63) is 64.1 Å². The van der Waals surface area contributed by atoms with Crippen LogP contribution in [0.1, 0.15) is 24.8 Å². The van der Waals surface area contributed by atoms with E-state index in [1.165, 1.54) is 0 Å². The maximum absolute atomic E-state index is 13.0. The van der Waals surface area contributed by atoms with Crippen LogP contribution >= 0.6 is 23.2 Å². The summed E-state index contributed by atoms with van der Waals surface area (Å²) in [4.78, 5) is 27.1. The van der Waals surface area contributed by atoms with Crippen molar-refractivity contribution < 1.29 is 14.3 Å². The molecule has 1 aliphatic rings. The lowest BCUT2D eigenvalue weighted by molar-refractivity contribution is -0.142. The van der Waals surface area contributed by atoms with Crippen LogP contribution < -0.4 is 10.1 Å². The second-order valence-electron chi connectivity index (χ2n) is 6.67. The van der Waals surface area contributed by atoms with Crippen molar-refractivity contribution in [1.29, 1.82) is 0 Å². The Kier molecular flexibility index (Phi) is 7.18. The number of carbonyl (C=O) groups is 2. The van der Waals surface area contributed by atoms with Crippen LogP contribution in [-0.4, -0.2) is 35.9 Å². The summed E-state index contributed by atoms with van der Waals surface area (Å²) in [5.74, 6) is 0.221. The fourth-order valence-electron chi connectivity index (χ4n) is 3.17. The zero-order valence-electron chi connectivity index (χ0n) is 15.4. The number of rotatable bonds is 6. The van der Waals surface area contributed by atoms with Crippen LogP contribution in [0.5, 0.6) is 5.75 Å². The maximum Gasteiger partial charge on any atom is 0.261 e. The van der Waals surface area contributed by atoms with E-state index in [-0.39, 0.29) is 25.0 Å². The van der Waals surface area contributed by atoms with Crippen LogP contribution in [0.2, 0.25) is 10.0 Å². The second kappa shape index (κ2) is 9.80. The van der Waals surface area contributed by atoms with Crippen LogP contribution in [0.25, 0.3) is 0 Å². The molecule has 1 aliphatic heterocycles. The molecule has 1 saturated heterocycles. The van der Waals surface area contributed by atoms with Gasteiger partial charge in [0.05, 0.1) is 10.0 Å². The minimum Gasteiger partial charge on any atom is -0.484 e. The van der Waals surface area contributed by atoms with E-state index >= 15 is 0 Å². The van der Waals surface area contributed by atoms with E-state index in [0.717, 1.165) is 18.4 Å². The Bertz CT molecular complexity index is 830. The van der Waals surface area contributed by atoms with Gasteiger partial charge in [0.2, 0.25) is 5.91 Å². The van der Waals surface area contributed by atoms with Gasteiger partial charge in [0, 0.05) is 13.1 Å². The summed E-state index contributed by atoms with van der Waals surface area (Å²) in [6.07, 6.45) is 2.38. The van der Waals surface area contributed by atoms with E-state index < -0.39 is 6.04 Å². The lowest BCUT2D eigenvalue weighted by Crippen LogP contribution is -2.49. The molecule has 0 aliphatic carbocycles. The Morgan fingerprint density at radius 3 is 2.64 bits per heavy atom. The van der Waals surface area contributed by atoms with E-state index in [2.05, 4.69) is 5.32 Å². The van der Waals surface area contributed by atoms with Gasteiger partial charge in [0.15, 0.2) is 6.61 Å². The average molecular weight is 421 g/mol. The summed E-state index contributed by atoms with van der Waals surface area (Å²) in [7, 11) is 0. The number of amides is 2. The lowest BCUT2D eigenvalue weighted by Gasteiger charge is -2.30. The highest BCUT2D eigenvalue weighted by Crippen LogP contribution is 2.24. The molecule has 1 heterocycles. The highest BCUT2D eigenvalue weighted by Gasteiger charge is 2.31. The van der Waals surface area contributed by atoms with Crippen LogP contribution in [0, 0.1) is 0 Å². The Morgan fingerprint density at radius 1 is 1.11 bits per heavy atom. The van der Waals surface area contributed by atoms with Gasteiger partial charge in [-0.05, 0) is 49.1 Å². The highest BCUT2D eigenvalue weighted by molar-refractivity contribution is 6.42. The molecule has 5 nitrogen and oxygen atoms in total. The number of para-hydroxylation sites is 1. The minimum atomic E-state index is -0.538. The van der Waals surface area contributed by atoms with Gasteiger partial charge in [0.1, 0.15) is 11.8 Å². The van der Waals surface area contributed by atoms with Gasteiger partial charge in [-0.3, -0.25) is 9.59 Å². The first-order chi connectivity index (χ1) is 13.5. The quantitative estimate of drug-likeness (QED) is 0.765. The maximum atomic E-state index is 13.0. The number of carbonyl (C=O) groups excluding carboxylic acids is 2. The third kappa shape index (κ3) is 5.40. The molecule has 0 aromatic heterocycles. The van der Waals surface area contributed by atoms with Crippen molar-refractivity contribution in [2.75, 3.05) is 13.2 Å². The Hall–Kier alpha value is -2.24. The number of benzene rings is 2. The largest absolute Gasteiger partial charge is 0.484 e. The normalized spacial score (nSPS) is 16.8. The lowest BCUT2D eigenvalue weighted by atomic mass is 10.1. The van der Waals surface area contributed by atoms with Crippen LogP contribution in [0.15, 0.2) is 48.5 Å². The van der Waals surface area contributed by atoms with Crippen LogP contribution in [0.3, 0.4) is 0 Å². The number of ether oxygens (including phenoxy) is 1.